The van der Waals surface area contributed by atoms with E-state index in [2.05, 4.69) is 25.1 Å². The van der Waals surface area contributed by atoms with Gasteiger partial charge in [0.15, 0.2) is 5.96 Å². The van der Waals surface area contributed by atoms with Crippen LogP contribution in [-0.2, 0) is 0 Å². The Bertz CT molecular complexity index is 753. The first kappa shape index (κ1) is 22.7. The Morgan fingerprint density at radius 1 is 1.21 bits per heavy atom. The molecule has 1 saturated heterocycles. The average Bonchev–Trinajstić information content (AvgIpc) is 2.72. The maximum Gasteiger partial charge on any atom is 0.194 e. The zero-order valence-corrected chi connectivity index (χ0v) is 19.0. The number of pyridine rings is 1. The minimum atomic E-state index is -0.674. The quantitative estimate of drug-likeness (QED) is 0.364. The molecule has 1 aromatic carbocycles. The lowest BCUT2D eigenvalue weighted by atomic mass is 10.1. The largest absolute Gasteiger partial charge is 0.386 e. The lowest BCUT2D eigenvalue weighted by molar-refractivity contribution is 0.186. The summed E-state index contributed by atoms with van der Waals surface area (Å²) in [6.07, 6.45) is 1.15. The van der Waals surface area contributed by atoms with Gasteiger partial charge in [-0.25, -0.2) is 4.98 Å². The second kappa shape index (κ2) is 11.4. The summed E-state index contributed by atoms with van der Waals surface area (Å²) in [5.74, 6) is 1.84. The number of aliphatic hydroxyl groups excluding tert-OH is 1. The number of halogens is 2. The van der Waals surface area contributed by atoms with Crippen molar-refractivity contribution >= 4 is 47.4 Å². The van der Waals surface area contributed by atoms with E-state index >= 15 is 0 Å². The van der Waals surface area contributed by atoms with Gasteiger partial charge in [0, 0.05) is 43.9 Å². The number of aromatic nitrogens is 1. The molecule has 3 rings (SSSR count). The number of anilines is 1. The van der Waals surface area contributed by atoms with Crippen LogP contribution in [0.15, 0.2) is 53.7 Å². The topological polar surface area (TPSA) is 64.0 Å². The molecule has 2 N–H and O–H groups in total. The molecule has 28 heavy (non-hydrogen) atoms. The van der Waals surface area contributed by atoms with Gasteiger partial charge in [-0.2, -0.15) is 0 Å². The standard InChI is InChI=1S/C20H26ClN5O.HI/c1-2-22-20(24-15-18(27)16-6-5-7-17(21)14-16)26-12-10-25(11-13-26)19-8-3-4-9-23-19;/h3-9,14,18,27H,2,10-13,15H2,1H3,(H,22,24);1H. The summed E-state index contributed by atoms with van der Waals surface area (Å²) in [6, 6.07) is 13.3. The Labute approximate surface area is 188 Å². The summed E-state index contributed by atoms with van der Waals surface area (Å²) in [6.45, 7) is 6.62. The van der Waals surface area contributed by atoms with Crippen molar-refractivity contribution in [1.29, 1.82) is 0 Å². The molecule has 0 bridgehead atoms. The molecule has 1 aromatic heterocycles. The van der Waals surface area contributed by atoms with E-state index in [0.29, 0.717) is 11.6 Å². The van der Waals surface area contributed by atoms with Crippen LogP contribution in [0.5, 0.6) is 0 Å². The zero-order chi connectivity index (χ0) is 19.1. The van der Waals surface area contributed by atoms with Gasteiger partial charge >= 0.3 is 0 Å². The molecule has 6 nitrogen and oxygen atoms in total. The van der Waals surface area contributed by atoms with Gasteiger partial charge in [0.1, 0.15) is 5.82 Å². The van der Waals surface area contributed by atoms with Gasteiger partial charge < -0.3 is 20.2 Å². The average molecular weight is 516 g/mol. The number of hydrogen-bond acceptors (Lipinski definition) is 4. The van der Waals surface area contributed by atoms with Crippen LogP contribution in [0.1, 0.15) is 18.6 Å². The van der Waals surface area contributed by atoms with Crippen LogP contribution in [0, 0.1) is 0 Å². The van der Waals surface area contributed by atoms with Crippen LogP contribution < -0.4 is 10.2 Å². The predicted octanol–water partition coefficient (Wildman–Crippen LogP) is 3.17. The van der Waals surface area contributed by atoms with Gasteiger partial charge in [0.05, 0.1) is 12.6 Å². The smallest absolute Gasteiger partial charge is 0.194 e. The predicted molar refractivity (Wildman–Crippen MR) is 126 cm³/mol. The summed E-state index contributed by atoms with van der Waals surface area (Å²) in [7, 11) is 0. The van der Waals surface area contributed by atoms with E-state index in [0.717, 1.165) is 50.1 Å². The first-order valence-corrected chi connectivity index (χ1v) is 9.68. The minimum Gasteiger partial charge on any atom is -0.386 e. The Hall–Kier alpha value is -1.58. The minimum absolute atomic E-state index is 0. The second-order valence-electron chi connectivity index (χ2n) is 6.43. The normalized spacial score (nSPS) is 15.8. The highest BCUT2D eigenvalue weighted by molar-refractivity contribution is 14.0. The molecule has 2 aromatic rings. The van der Waals surface area contributed by atoms with Crippen molar-refractivity contribution in [2.45, 2.75) is 13.0 Å². The Balaban J connectivity index is 0.00000280. The summed E-state index contributed by atoms with van der Waals surface area (Å²) < 4.78 is 0. The van der Waals surface area contributed by atoms with Gasteiger partial charge in [-0.05, 0) is 36.8 Å². The van der Waals surface area contributed by atoms with Crippen molar-refractivity contribution in [2.75, 3.05) is 44.2 Å². The number of hydrogen-bond donors (Lipinski definition) is 2. The third-order valence-electron chi connectivity index (χ3n) is 4.53. The van der Waals surface area contributed by atoms with Crippen molar-refractivity contribution < 1.29 is 5.11 Å². The molecular formula is C20H27ClIN5O. The van der Waals surface area contributed by atoms with Crippen LogP contribution in [0.25, 0.3) is 0 Å². The van der Waals surface area contributed by atoms with E-state index in [9.17, 15) is 5.11 Å². The number of rotatable bonds is 5. The highest BCUT2D eigenvalue weighted by Crippen LogP contribution is 2.18. The van der Waals surface area contributed by atoms with Crippen molar-refractivity contribution in [3.05, 3.63) is 59.2 Å². The highest BCUT2D eigenvalue weighted by Gasteiger charge is 2.20. The van der Waals surface area contributed by atoms with Gasteiger partial charge in [-0.3, -0.25) is 4.99 Å². The van der Waals surface area contributed by atoms with Crippen molar-refractivity contribution in [3.63, 3.8) is 0 Å². The number of guanidine groups is 1. The van der Waals surface area contributed by atoms with Crippen molar-refractivity contribution in [1.82, 2.24) is 15.2 Å². The molecule has 8 heteroatoms. The van der Waals surface area contributed by atoms with E-state index in [4.69, 9.17) is 11.6 Å². The molecular weight excluding hydrogens is 489 g/mol. The van der Waals surface area contributed by atoms with E-state index < -0.39 is 6.10 Å². The third-order valence-corrected chi connectivity index (χ3v) is 4.77. The number of benzene rings is 1. The van der Waals surface area contributed by atoms with E-state index in [1.807, 2.05) is 43.5 Å². The van der Waals surface area contributed by atoms with Crippen LogP contribution in [0.4, 0.5) is 5.82 Å². The summed E-state index contributed by atoms with van der Waals surface area (Å²) in [5, 5.41) is 14.4. The SMILES string of the molecule is CCNC(=NCC(O)c1cccc(Cl)c1)N1CCN(c2ccccn2)CC1.I. The summed E-state index contributed by atoms with van der Waals surface area (Å²) in [4.78, 5) is 13.6. The van der Waals surface area contributed by atoms with E-state index in [1.54, 1.807) is 12.1 Å². The van der Waals surface area contributed by atoms with Gasteiger partial charge in [-0.1, -0.05) is 29.8 Å². The Morgan fingerprint density at radius 3 is 2.64 bits per heavy atom. The van der Waals surface area contributed by atoms with Gasteiger partial charge in [-0.15, -0.1) is 24.0 Å². The molecule has 1 atom stereocenters. The Kier molecular flexibility index (Phi) is 9.27. The fraction of sp³-hybridized carbons (Fsp3) is 0.400. The highest BCUT2D eigenvalue weighted by atomic mass is 127. The molecule has 1 aliphatic heterocycles. The molecule has 0 saturated carbocycles. The molecule has 152 valence electrons. The van der Waals surface area contributed by atoms with Crippen LogP contribution in [0.3, 0.4) is 0 Å². The molecule has 1 unspecified atom stereocenters. The molecule has 2 heterocycles. The van der Waals surface area contributed by atoms with Gasteiger partial charge in [0.25, 0.3) is 0 Å². The van der Waals surface area contributed by atoms with E-state index in [-0.39, 0.29) is 24.0 Å². The number of nitrogens with one attached hydrogen (secondary N) is 1. The lowest BCUT2D eigenvalue weighted by Gasteiger charge is -2.37. The third kappa shape index (κ3) is 6.22. The summed E-state index contributed by atoms with van der Waals surface area (Å²) in [5.41, 5.74) is 0.780. The van der Waals surface area contributed by atoms with Gasteiger partial charge in [0.2, 0.25) is 0 Å². The maximum absolute atomic E-state index is 10.4. The van der Waals surface area contributed by atoms with Crippen LogP contribution >= 0.6 is 35.6 Å². The number of piperazine rings is 1. The van der Waals surface area contributed by atoms with Crippen LogP contribution in [0.2, 0.25) is 5.02 Å². The first-order chi connectivity index (χ1) is 13.2. The lowest BCUT2D eigenvalue weighted by Crippen LogP contribution is -2.52. The molecule has 0 aliphatic carbocycles. The first-order valence-electron chi connectivity index (χ1n) is 9.30. The molecule has 0 spiro atoms. The number of aliphatic hydroxyl groups is 1. The Morgan fingerprint density at radius 2 is 2.00 bits per heavy atom. The molecule has 0 amide bonds. The molecule has 1 aliphatic rings. The monoisotopic (exact) mass is 515 g/mol. The van der Waals surface area contributed by atoms with Crippen LogP contribution in [-0.4, -0.2) is 60.2 Å². The second-order valence-corrected chi connectivity index (χ2v) is 6.86. The molecule has 1 fully saturated rings. The fourth-order valence-corrected chi connectivity index (χ4v) is 3.30. The van der Waals surface area contributed by atoms with Crippen molar-refractivity contribution in [3.8, 4) is 0 Å². The maximum atomic E-state index is 10.4. The van der Waals surface area contributed by atoms with E-state index in [1.165, 1.54) is 0 Å². The number of aliphatic imine (C=N–C) groups is 1. The number of nitrogens with zero attached hydrogens (tertiary/aromatic N) is 4. The zero-order valence-electron chi connectivity index (χ0n) is 16.0. The fourth-order valence-electron chi connectivity index (χ4n) is 3.11. The van der Waals surface area contributed by atoms with Crippen molar-refractivity contribution in [2.24, 2.45) is 4.99 Å². The summed E-state index contributed by atoms with van der Waals surface area (Å²) >= 11 is 6.01. The molecule has 0 radical (unpaired) electrons.